The van der Waals surface area contributed by atoms with Crippen molar-refractivity contribution in [3.63, 3.8) is 0 Å². The molecule has 0 heterocycles. The van der Waals surface area contributed by atoms with Gasteiger partial charge < -0.3 is 5.32 Å². The van der Waals surface area contributed by atoms with Gasteiger partial charge in [-0.15, -0.1) is 0 Å². The van der Waals surface area contributed by atoms with Gasteiger partial charge in [0.1, 0.15) is 0 Å². The molecule has 4 heteroatoms. The van der Waals surface area contributed by atoms with Gasteiger partial charge in [0, 0.05) is 7.05 Å². The molecule has 0 saturated carbocycles. The molecule has 0 bridgehead atoms. The largest absolute Gasteiger partial charge is 0.341 e. The molecule has 0 atom stereocenters. The van der Waals surface area contributed by atoms with Crippen LogP contribution in [-0.4, -0.2) is 19.0 Å². The molecular formula is C10H14N2O2. The third-order valence-electron chi connectivity index (χ3n) is 1.44. The number of amides is 3. The fourth-order valence-electron chi connectivity index (χ4n) is 0.769. The van der Waals surface area contributed by atoms with Crippen molar-refractivity contribution >= 4 is 11.9 Å². The lowest BCUT2D eigenvalue weighted by Gasteiger charge is -2.02. The van der Waals surface area contributed by atoms with E-state index in [0.29, 0.717) is 5.57 Å². The van der Waals surface area contributed by atoms with Crippen molar-refractivity contribution in [3.05, 3.63) is 37.0 Å². The minimum Gasteiger partial charge on any atom is -0.341 e. The molecule has 76 valence electrons. The standard InChI is InChI=1S/C10H14N2O2/c1-4-6-8(5-2)7-9(13)12-10(14)11-3/h4-6H,1-2,7H2,3H3,(H2,11,12,13,14)/b8-6+. The van der Waals surface area contributed by atoms with Crippen molar-refractivity contribution in [2.24, 2.45) is 0 Å². The summed E-state index contributed by atoms with van der Waals surface area (Å²) in [7, 11) is 1.44. The van der Waals surface area contributed by atoms with E-state index in [9.17, 15) is 9.59 Å². The Balaban J connectivity index is 4.16. The number of allylic oxidation sites excluding steroid dienone is 3. The van der Waals surface area contributed by atoms with Crippen LogP contribution in [0.25, 0.3) is 0 Å². The van der Waals surface area contributed by atoms with Gasteiger partial charge in [-0.2, -0.15) is 0 Å². The molecule has 4 nitrogen and oxygen atoms in total. The van der Waals surface area contributed by atoms with Crippen LogP contribution >= 0.6 is 0 Å². The monoisotopic (exact) mass is 194 g/mol. The van der Waals surface area contributed by atoms with Crippen molar-refractivity contribution in [3.8, 4) is 0 Å². The predicted molar refractivity (Wildman–Crippen MR) is 55.7 cm³/mol. The van der Waals surface area contributed by atoms with Crippen LogP contribution < -0.4 is 10.6 Å². The number of hydrogen-bond acceptors (Lipinski definition) is 2. The van der Waals surface area contributed by atoms with E-state index in [1.165, 1.54) is 7.05 Å². The molecule has 3 amide bonds. The van der Waals surface area contributed by atoms with E-state index in [1.807, 2.05) is 0 Å². The molecule has 0 saturated heterocycles. The highest BCUT2D eigenvalue weighted by Crippen LogP contribution is 2.01. The minimum atomic E-state index is -0.517. The van der Waals surface area contributed by atoms with E-state index in [1.54, 1.807) is 18.2 Å². The summed E-state index contributed by atoms with van der Waals surface area (Å²) in [4.78, 5) is 21.9. The van der Waals surface area contributed by atoms with Crippen molar-refractivity contribution in [2.45, 2.75) is 6.42 Å². The lowest BCUT2D eigenvalue weighted by atomic mass is 10.1. The smallest absolute Gasteiger partial charge is 0.321 e. The molecule has 0 rings (SSSR count). The Hall–Kier alpha value is -1.84. The van der Waals surface area contributed by atoms with Crippen LogP contribution in [0.5, 0.6) is 0 Å². The van der Waals surface area contributed by atoms with E-state index >= 15 is 0 Å². The van der Waals surface area contributed by atoms with Crippen molar-refractivity contribution in [2.75, 3.05) is 7.05 Å². The Morgan fingerprint density at radius 3 is 2.43 bits per heavy atom. The second kappa shape index (κ2) is 6.65. The highest BCUT2D eigenvalue weighted by Gasteiger charge is 2.06. The molecule has 0 aliphatic carbocycles. The number of carbonyl (C=O) groups is 2. The lowest BCUT2D eigenvalue weighted by molar-refractivity contribution is -0.119. The Labute approximate surface area is 83.4 Å². The van der Waals surface area contributed by atoms with Crippen LogP contribution in [0.3, 0.4) is 0 Å². The van der Waals surface area contributed by atoms with E-state index < -0.39 is 6.03 Å². The van der Waals surface area contributed by atoms with E-state index in [2.05, 4.69) is 23.8 Å². The third kappa shape index (κ3) is 4.92. The van der Waals surface area contributed by atoms with Crippen molar-refractivity contribution in [1.82, 2.24) is 10.6 Å². The maximum absolute atomic E-state index is 11.2. The molecule has 0 fully saturated rings. The quantitative estimate of drug-likeness (QED) is 0.659. The molecular weight excluding hydrogens is 180 g/mol. The molecule has 0 aromatic carbocycles. The Kier molecular flexibility index (Phi) is 5.78. The SMILES string of the molecule is C=C/C=C(\C=C)CC(=O)NC(=O)NC. The first kappa shape index (κ1) is 12.2. The zero-order chi connectivity index (χ0) is 11.0. The summed E-state index contributed by atoms with van der Waals surface area (Å²) in [5, 5.41) is 4.42. The van der Waals surface area contributed by atoms with Gasteiger partial charge in [0.2, 0.25) is 5.91 Å². The normalized spacial score (nSPS) is 10.2. The number of nitrogens with one attached hydrogen (secondary N) is 2. The van der Waals surface area contributed by atoms with E-state index in [0.717, 1.165) is 0 Å². The van der Waals surface area contributed by atoms with Gasteiger partial charge >= 0.3 is 6.03 Å². The van der Waals surface area contributed by atoms with Crippen LogP contribution in [-0.2, 0) is 4.79 Å². The molecule has 14 heavy (non-hydrogen) atoms. The van der Waals surface area contributed by atoms with Gasteiger partial charge in [-0.3, -0.25) is 10.1 Å². The van der Waals surface area contributed by atoms with Crippen molar-refractivity contribution in [1.29, 1.82) is 0 Å². The molecule has 0 aliphatic heterocycles. The van der Waals surface area contributed by atoms with Crippen LogP contribution in [0.1, 0.15) is 6.42 Å². The highest BCUT2D eigenvalue weighted by atomic mass is 16.2. The second-order valence-electron chi connectivity index (χ2n) is 2.49. The maximum Gasteiger partial charge on any atom is 0.321 e. The van der Waals surface area contributed by atoms with Gasteiger partial charge in [0.05, 0.1) is 6.42 Å². The first-order chi connectivity index (χ1) is 6.63. The summed E-state index contributed by atoms with van der Waals surface area (Å²) in [6.07, 6.45) is 4.88. The summed E-state index contributed by atoms with van der Waals surface area (Å²) in [6.45, 7) is 7.03. The highest BCUT2D eigenvalue weighted by molar-refractivity contribution is 5.95. The average molecular weight is 194 g/mol. The number of hydrogen-bond donors (Lipinski definition) is 2. The molecule has 2 N–H and O–H groups in total. The molecule has 0 aromatic rings. The van der Waals surface area contributed by atoms with Gasteiger partial charge in [0.25, 0.3) is 0 Å². The van der Waals surface area contributed by atoms with Crippen LogP contribution in [0, 0.1) is 0 Å². The molecule has 0 aliphatic rings. The van der Waals surface area contributed by atoms with Crippen LogP contribution in [0.15, 0.2) is 37.0 Å². The zero-order valence-corrected chi connectivity index (χ0v) is 8.17. The van der Waals surface area contributed by atoms with Gasteiger partial charge in [-0.25, -0.2) is 4.79 Å². The van der Waals surface area contributed by atoms with Gasteiger partial charge in [-0.05, 0) is 5.57 Å². The third-order valence-corrected chi connectivity index (χ3v) is 1.44. The summed E-state index contributed by atoms with van der Waals surface area (Å²) < 4.78 is 0. The number of urea groups is 1. The summed E-state index contributed by atoms with van der Waals surface area (Å²) in [5.74, 6) is -0.377. The first-order valence-corrected chi connectivity index (χ1v) is 4.09. The topological polar surface area (TPSA) is 58.2 Å². The Morgan fingerprint density at radius 2 is 2.00 bits per heavy atom. The van der Waals surface area contributed by atoms with Gasteiger partial charge in [0.15, 0.2) is 0 Å². The number of rotatable bonds is 4. The fraction of sp³-hybridized carbons (Fsp3) is 0.200. The first-order valence-electron chi connectivity index (χ1n) is 4.09. The summed E-state index contributed by atoms with van der Waals surface area (Å²) in [5.41, 5.74) is 0.710. The van der Waals surface area contributed by atoms with Gasteiger partial charge in [-0.1, -0.05) is 31.4 Å². The Morgan fingerprint density at radius 1 is 1.36 bits per heavy atom. The summed E-state index contributed by atoms with van der Waals surface area (Å²) >= 11 is 0. The minimum absolute atomic E-state index is 0.114. The number of imide groups is 1. The summed E-state index contributed by atoms with van der Waals surface area (Å²) in [6, 6.07) is -0.517. The zero-order valence-electron chi connectivity index (χ0n) is 8.17. The molecule has 0 radical (unpaired) electrons. The van der Waals surface area contributed by atoms with E-state index in [4.69, 9.17) is 0 Å². The van der Waals surface area contributed by atoms with E-state index in [-0.39, 0.29) is 12.3 Å². The fourth-order valence-corrected chi connectivity index (χ4v) is 0.769. The van der Waals surface area contributed by atoms with Crippen LogP contribution in [0.2, 0.25) is 0 Å². The van der Waals surface area contributed by atoms with Crippen molar-refractivity contribution < 1.29 is 9.59 Å². The maximum atomic E-state index is 11.2. The molecule has 0 spiro atoms. The Bertz CT molecular complexity index is 280. The second-order valence-corrected chi connectivity index (χ2v) is 2.49. The lowest BCUT2D eigenvalue weighted by Crippen LogP contribution is -2.37. The molecule has 0 aromatic heterocycles. The number of carbonyl (C=O) groups excluding carboxylic acids is 2. The molecule has 0 unspecified atom stereocenters. The average Bonchev–Trinajstić information content (AvgIpc) is 2.16. The predicted octanol–water partition coefficient (Wildman–Crippen LogP) is 1.13. The van der Waals surface area contributed by atoms with Crippen LogP contribution in [0.4, 0.5) is 4.79 Å².